The number of hydrogen-bond acceptors (Lipinski definition) is 4. The number of benzene rings is 2. The maximum atomic E-state index is 13.8. The topological polar surface area (TPSA) is 62.3 Å². The van der Waals surface area contributed by atoms with Crippen LogP contribution in [0, 0.1) is 12.7 Å². The van der Waals surface area contributed by atoms with Gasteiger partial charge < -0.3 is 5.32 Å². The number of pyridine rings is 1. The van der Waals surface area contributed by atoms with Crippen LogP contribution in [0.15, 0.2) is 53.4 Å². The van der Waals surface area contributed by atoms with E-state index in [9.17, 15) is 12.8 Å². The van der Waals surface area contributed by atoms with E-state index in [0.29, 0.717) is 34.0 Å². The van der Waals surface area contributed by atoms with E-state index < -0.39 is 10.0 Å². The first-order valence-electron chi connectivity index (χ1n) is 9.80. The van der Waals surface area contributed by atoms with Gasteiger partial charge in [0.15, 0.2) is 0 Å². The first-order valence-corrected chi connectivity index (χ1v) is 11.2. The van der Waals surface area contributed by atoms with Crippen LogP contribution in [-0.2, 0) is 10.0 Å². The Hall–Kier alpha value is -2.51. The maximum Gasteiger partial charge on any atom is 0.243 e. The number of halogens is 1. The molecule has 0 bridgehead atoms. The van der Waals surface area contributed by atoms with E-state index in [1.54, 1.807) is 47.6 Å². The van der Waals surface area contributed by atoms with E-state index >= 15 is 0 Å². The molecule has 1 N–H and O–H groups in total. The molecule has 1 saturated heterocycles. The summed E-state index contributed by atoms with van der Waals surface area (Å²) < 4.78 is 41.5. The molecule has 152 valence electrons. The normalized spacial score (nSPS) is 18.1. The van der Waals surface area contributed by atoms with Gasteiger partial charge in [-0.15, -0.1) is 0 Å². The Balaban J connectivity index is 1.62. The monoisotopic (exact) mass is 413 g/mol. The van der Waals surface area contributed by atoms with Crippen LogP contribution in [0.5, 0.6) is 0 Å². The molecule has 1 fully saturated rings. The molecular formula is C22H24FN3O2S. The van der Waals surface area contributed by atoms with Crippen molar-refractivity contribution in [2.45, 2.75) is 44.0 Å². The molecule has 1 aromatic heterocycles. The molecule has 7 heteroatoms. The number of rotatable bonds is 4. The van der Waals surface area contributed by atoms with Crippen LogP contribution in [0.2, 0.25) is 0 Å². The number of hydrogen-bond donors (Lipinski definition) is 1. The molecule has 1 aliphatic heterocycles. The largest absolute Gasteiger partial charge is 0.340 e. The molecule has 1 aliphatic rings. The molecule has 1 atom stereocenters. The Bertz CT molecular complexity index is 1160. The van der Waals surface area contributed by atoms with Gasteiger partial charge in [-0.1, -0.05) is 12.5 Å². The number of aromatic nitrogens is 1. The van der Waals surface area contributed by atoms with Crippen molar-refractivity contribution in [2.24, 2.45) is 0 Å². The number of aryl methyl sites for hydroxylation is 1. The van der Waals surface area contributed by atoms with Gasteiger partial charge >= 0.3 is 0 Å². The molecule has 0 unspecified atom stereocenters. The van der Waals surface area contributed by atoms with Crippen molar-refractivity contribution in [3.63, 3.8) is 0 Å². The smallest absolute Gasteiger partial charge is 0.243 e. The Kier molecular flexibility index (Phi) is 5.27. The molecule has 4 rings (SSSR count). The zero-order valence-electron chi connectivity index (χ0n) is 16.5. The highest BCUT2D eigenvalue weighted by Crippen LogP contribution is 2.28. The van der Waals surface area contributed by atoms with Crippen LogP contribution < -0.4 is 5.32 Å². The van der Waals surface area contributed by atoms with Crippen molar-refractivity contribution in [1.29, 1.82) is 0 Å². The summed E-state index contributed by atoms with van der Waals surface area (Å²) in [5.74, 6) is 0.290. The quantitative estimate of drug-likeness (QED) is 0.655. The lowest BCUT2D eigenvalue weighted by molar-refractivity contribution is 0.268. The summed E-state index contributed by atoms with van der Waals surface area (Å²) in [6.45, 7) is 4.24. The molecule has 29 heavy (non-hydrogen) atoms. The summed E-state index contributed by atoms with van der Waals surface area (Å²) in [6, 6.07) is 13.5. The lowest BCUT2D eigenvalue weighted by Crippen LogP contribution is -2.41. The molecule has 5 nitrogen and oxygen atoms in total. The van der Waals surface area contributed by atoms with E-state index in [1.165, 1.54) is 6.07 Å². The zero-order chi connectivity index (χ0) is 20.6. The molecule has 0 aliphatic carbocycles. The third-order valence-electron chi connectivity index (χ3n) is 5.45. The van der Waals surface area contributed by atoms with Crippen LogP contribution in [0.4, 0.5) is 15.9 Å². The highest BCUT2D eigenvalue weighted by atomic mass is 32.2. The van der Waals surface area contributed by atoms with E-state index in [4.69, 9.17) is 0 Å². The van der Waals surface area contributed by atoms with E-state index in [1.807, 2.05) is 13.0 Å². The van der Waals surface area contributed by atoms with Gasteiger partial charge in [-0.2, -0.15) is 4.31 Å². The molecule has 0 saturated carbocycles. The summed E-state index contributed by atoms with van der Waals surface area (Å²) in [6.07, 6.45) is 2.85. The Morgan fingerprint density at radius 3 is 2.69 bits per heavy atom. The standard InChI is InChI=1S/C22H24FN3O2S/c1-15-6-8-18(14-20(15)23)24-22-11-7-17-13-19(9-10-21(17)25-22)29(27,28)26-12-4-3-5-16(26)2/h6-11,13-14,16H,3-5,12H2,1-2H3,(H,24,25)/t16-/m1/s1. The summed E-state index contributed by atoms with van der Waals surface area (Å²) in [4.78, 5) is 4.82. The first-order chi connectivity index (χ1) is 13.8. The summed E-state index contributed by atoms with van der Waals surface area (Å²) >= 11 is 0. The average molecular weight is 414 g/mol. The third kappa shape index (κ3) is 3.97. The zero-order valence-corrected chi connectivity index (χ0v) is 17.3. The number of nitrogens with one attached hydrogen (secondary N) is 1. The molecule has 3 aromatic rings. The minimum absolute atomic E-state index is 0.0176. The minimum Gasteiger partial charge on any atom is -0.340 e. The van der Waals surface area contributed by atoms with Gasteiger partial charge in [-0.25, -0.2) is 17.8 Å². The fourth-order valence-corrected chi connectivity index (χ4v) is 5.45. The van der Waals surface area contributed by atoms with Crippen molar-refractivity contribution in [2.75, 3.05) is 11.9 Å². The second-order valence-corrected chi connectivity index (χ2v) is 9.49. The Morgan fingerprint density at radius 2 is 1.93 bits per heavy atom. The summed E-state index contributed by atoms with van der Waals surface area (Å²) in [5.41, 5.74) is 1.87. The van der Waals surface area contributed by atoms with Crippen LogP contribution in [0.3, 0.4) is 0 Å². The van der Waals surface area contributed by atoms with Crippen LogP contribution in [0.1, 0.15) is 31.7 Å². The predicted octanol–water partition coefficient (Wildman–Crippen LogP) is 4.99. The number of anilines is 2. The van der Waals surface area contributed by atoms with Crippen molar-refractivity contribution in [3.05, 3.63) is 59.9 Å². The van der Waals surface area contributed by atoms with Crippen molar-refractivity contribution < 1.29 is 12.8 Å². The average Bonchev–Trinajstić information content (AvgIpc) is 2.70. The third-order valence-corrected chi connectivity index (χ3v) is 7.46. The van der Waals surface area contributed by atoms with Crippen LogP contribution in [-0.4, -0.2) is 30.3 Å². The van der Waals surface area contributed by atoms with Gasteiger partial charge in [0.05, 0.1) is 10.4 Å². The van der Waals surface area contributed by atoms with Crippen molar-refractivity contribution in [1.82, 2.24) is 9.29 Å². The van der Waals surface area contributed by atoms with E-state index in [-0.39, 0.29) is 11.9 Å². The molecule has 2 heterocycles. The van der Waals surface area contributed by atoms with Gasteiger partial charge in [-0.3, -0.25) is 0 Å². The number of sulfonamides is 1. The van der Waals surface area contributed by atoms with Gasteiger partial charge in [0.25, 0.3) is 0 Å². The molecule has 0 amide bonds. The van der Waals surface area contributed by atoms with Gasteiger partial charge in [0.1, 0.15) is 11.6 Å². The van der Waals surface area contributed by atoms with E-state index in [0.717, 1.165) is 24.6 Å². The van der Waals surface area contributed by atoms with Crippen molar-refractivity contribution in [3.8, 4) is 0 Å². The van der Waals surface area contributed by atoms with Gasteiger partial charge in [0.2, 0.25) is 10.0 Å². The summed E-state index contributed by atoms with van der Waals surface area (Å²) in [5, 5.41) is 3.84. The Morgan fingerprint density at radius 1 is 1.10 bits per heavy atom. The second-order valence-electron chi connectivity index (χ2n) is 7.60. The number of nitrogens with zero attached hydrogens (tertiary/aromatic N) is 2. The van der Waals surface area contributed by atoms with Gasteiger partial charge in [0, 0.05) is 23.7 Å². The fourth-order valence-electron chi connectivity index (χ4n) is 3.72. The maximum absolute atomic E-state index is 13.8. The highest BCUT2D eigenvalue weighted by Gasteiger charge is 2.31. The van der Waals surface area contributed by atoms with Crippen LogP contribution >= 0.6 is 0 Å². The molecule has 0 spiro atoms. The SMILES string of the molecule is Cc1ccc(Nc2ccc3cc(S(=O)(=O)N4CCCC[C@H]4C)ccc3n2)cc1F. The first kappa shape index (κ1) is 19.8. The highest BCUT2D eigenvalue weighted by molar-refractivity contribution is 7.89. The Labute approximate surface area is 170 Å². The molecule has 2 aromatic carbocycles. The van der Waals surface area contributed by atoms with Crippen molar-refractivity contribution >= 4 is 32.4 Å². The lowest BCUT2D eigenvalue weighted by Gasteiger charge is -2.32. The van der Waals surface area contributed by atoms with E-state index in [2.05, 4.69) is 10.3 Å². The number of piperidine rings is 1. The molecular weight excluding hydrogens is 389 g/mol. The lowest BCUT2D eigenvalue weighted by atomic mass is 10.1. The predicted molar refractivity (Wildman–Crippen MR) is 113 cm³/mol. The molecule has 0 radical (unpaired) electrons. The van der Waals surface area contributed by atoms with Crippen LogP contribution in [0.25, 0.3) is 10.9 Å². The summed E-state index contributed by atoms with van der Waals surface area (Å²) in [7, 11) is -3.52. The van der Waals surface area contributed by atoms with Gasteiger partial charge in [-0.05, 0) is 74.7 Å². The fraction of sp³-hybridized carbons (Fsp3) is 0.318. The number of fused-ring (bicyclic) bond motifs is 1. The second kappa shape index (κ2) is 7.72. The minimum atomic E-state index is -3.52.